The van der Waals surface area contributed by atoms with E-state index in [1.807, 2.05) is 4.90 Å². The Balaban J connectivity index is 1.48. The molecule has 0 radical (unpaired) electrons. The van der Waals surface area contributed by atoms with Gasteiger partial charge in [-0.25, -0.2) is 9.97 Å². The summed E-state index contributed by atoms with van der Waals surface area (Å²) in [5, 5.41) is 5.00. The maximum absolute atomic E-state index is 12.7. The van der Waals surface area contributed by atoms with E-state index >= 15 is 0 Å². The van der Waals surface area contributed by atoms with Gasteiger partial charge < -0.3 is 10.2 Å². The highest BCUT2D eigenvalue weighted by Crippen LogP contribution is 2.34. The third-order valence-electron chi connectivity index (χ3n) is 5.56. The molecular formula is C21H30N4O2S2. The molecule has 2 aromatic heterocycles. The third-order valence-corrected chi connectivity index (χ3v) is 7.65. The van der Waals surface area contributed by atoms with E-state index in [2.05, 4.69) is 36.1 Å². The quantitative estimate of drug-likeness (QED) is 0.387. The first-order valence-corrected chi connectivity index (χ1v) is 12.2. The number of hydrogen-bond donors (Lipinski definition) is 1. The number of aromatic nitrogens is 2. The maximum atomic E-state index is 12.7. The van der Waals surface area contributed by atoms with Crippen molar-refractivity contribution >= 4 is 45.1 Å². The van der Waals surface area contributed by atoms with Gasteiger partial charge in [-0.3, -0.25) is 9.59 Å². The third kappa shape index (κ3) is 5.48. The highest BCUT2D eigenvalue weighted by Gasteiger charge is 2.27. The van der Waals surface area contributed by atoms with Crippen LogP contribution in [0.25, 0.3) is 10.2 Å². The minimum absolute atomic E-state index is 0.0336. The highest BCUT2D eigenvalue weighted by molar-refractivity contribution is 8.00. The number of unbranched alkanes of at least 4 members (excludes halogenated alkanes) is 2. The number of carbonyl (C=O) groups excluding carboxylic acids is 2. The standard InChI is InChI=1S/C21H30N4O2S2/c1-4-5-6-9-22-19(27)16-7-10-25(11-8-16)17(26)12-28-20-18-14(2)15(3)29-21(18)24-13-23-20/h13,16H,4-12H2,1-3H3,(H,22,27). The van der Waals surface area contributed by atoms with Crippen molar-refractivity contribution in [2.24, 2.45) is 5.92 Å². The lowest BCUT2D eigenvalue weighted by molar-refractivity contribution is -0.133. The van der Waals surface area contributed by atoms with Crippen LogP contribution in [0.2, 0.25) is 0 Å². The molecule has 6 nitrogen and oxygen atoms in total. The van der Waals surface area contributed by atoms with E-state index in [0.29, 0.717) is 18.8 Å². The fourth-order valence-corrected chi connectivity index (χ4v) is 5.62. The van der Waals surface area contributed by atoms with Crippen molar-refractivity contribution in [1.82, 2.24) is 20.2 Å². The predicted molar refractivity (Wildman–Crippen MR) is 119 cm³/mol. The Bertz CT molecular complexity index is 860. The summed E-state index contributed by atoms with van der Waals surface area (Å²) in [7, 11) is 0. The van der Waals surface area contributed by atoms with E-state index in [1.54, 1.807) is 17.7 Å². The molecule has 29 heavy (non-hydrogen) atoms. The van der Waals surface area contributed by atoms with Gasteiger partial charge in [0.05, 0.1) is 5.75 Å². The Morgan fingerprint density at radius 2 is 2.00 bits per heavy atom. The summed E-state index contributed by atoms with van der Waals surface area (Å²) in [6, 6.07) is 0. The van der Waals surface area contributed by atoms with Crippen molar-refractivity contribution in [3.05, 3.63) is 16.8 Å². The average molecular weight is 435 g/mol. The maximum Gasteiger partial charge on any atom is 0.232 e. The fourth-order valence-electron chi connectivity index (χ4n) is 3.60. The van der Waals surface area contributed by atoms with Crippen LogP contribution in [0.4, 0.5) is 0 Å². The van der Waals surface area contributed by atoms with Gasteiger partial charge in [0, 0.05) is 35.8 Å². The van der Waals surface area contributed by atoms with Crippen molar-refractivity contribution in [3.63, 3.8) is 0 Å². The Hall–Kier alpha value is -1.67. The summed E-state index contributed by atoms with van der Waals surface area (Å²) in [6.45, 7) is 8.40. The zero-order valence-corrected chi connectivity index (χ0v) is 19.1. The van der Waals surface area contributed by atoms with Gasteiger partial charge in [0.25, 0.3) is 0 Å². The van der Waals surface area contributed by atoms with Crippen LogP contribution in [0, 0.1) is 19.8 Å². The number of likely N-dealkylation sites (tertiary alicyclic amines) is 1. The molecule has 0 aromatic carbocycles. The summed E-state index contributed by atoms with van der Waals surface area (Å²) < 4.78 is 0. The SMILES string of the molecule is CCCCCNC(=O)C1CCN(C(=O)CSc2ncnc3sc(C)c(C)c23)CC1. The molecule has 1 aliphatic heterocycles. The zero-order valence-electron chi connectivity index (χ0n) is 17.5. The fraction of sp³-hybridized carbons (Fsp3) is 0.619. The number of rotatable bonds is 8. The number of hydrogen-bond acceptors (Lipinski definition) is 6. The van der Waals surface area contributed by atoms with Gasteiger partial charge in [-0.15, -0.1) is 11.3 Å². The van der Waals surface area contributed by atoms with Crippen LogP contribution in [0.1, 0.15) is 49.5 Å². The van der Waals surface area contributed by atoms with Crippen LogP contribution in [-0.2, 0) is 9.59 Å². The Morgan fingerprint density at radius 3 is 2.72 bits per heavy atom. The summed E-state index contributed by atoms with van der Waals surface area (Å²) >= 11 is 3.16. The van der Waals surface area contributed by atoms with Gasteiger partial charge in [-0.1, -0.05) is 31.5 Å². The van der Waals surface area contributed by atoms with Gasteiger partial charge in [0.2, 0.25) is 11.8 Å². The van der Waals surface area contributed by atoms with Gasteiger partial charge >= 0.3 is 0 Å². The van der Waals surface area contributed by atoms with E-state index < -0.39 is 0 Å². The molecular weight excluding hydrogens is 404 g/mol. The Labute approximate surface area is 180 Å². The topological polar surface area (TPSA) is 75.2 Å². The largest absolute Gasteiger partial charge is 0.356 e. The molecule has 8 heteroatoms. The molecule has 0 bridgehead atoms. The number of nitrogens with one attached hydrogen (secondary N) is 1. The zero-order chi connectivity index (χ0) is 20.8. The van der Waals surface area contributed by atoms with Crippen LogP contribution >= 0.6 is 23.1 Å². The molecule has 2 amide bonds. The normalized spacial score (nSPS) is 15.1. The summed E-state index contributed by atoms with van der Waals surface area (Å²) in [5.41, 5.74) is 1.20. The monoisotopic (exact) mass is 434 g/mol. The van der Waals surface area contributed by atoms with Crippen LogP contribution in [-0.4, -0.2) is 52.1 Å². The first-order valence-electron chi connectivity index (χ1n) is 10.4. The first-order chi connectivity index (χ1) is 14.0. The predicted octanol–water partition coefficient (Wildman–Crippen LogP) is 3.95. The molecule has 0 atom stereocenters. The average Bonchev–Trinajstić information content (AvgIpc) is 3.03. The molecule has 158 valence electrons. The van der Waals surface area contributed by atoms with Gasteiger partial charge in [-0.05, 0) is 38.7 Å². The van der Waals surface area contributed by atoms with E-state index in [9.17, 15) is 9.59 Å². The molecule has 2 aromatic rings. The first kappa shape index (κ1) is 22.0. The molecule has 0 saturated carbocycles. The second-order valence-electron chi connectivity index (χ2n) is 7.58. The van der Waals surface area contributed by atoms with E-state index in [-0.39, 0.29) is 17.7 Å². The van der Waals surface area contributed by atoms with Gasteiger partial charge in [-0.2, -0.15) is 0 Å². The second kappa shape index (κ2) is 10.4. The number of piperidine rings is 1. The lowest BCUT2D eigenvalue weighted by Gasteiger charge is -2.31. The molecule has 3 rings (SSSR count). The lowest BCUT2D eigenvalue weighted by Crippen LogP contribution is -2.43. The van der Waals surface area contributed by atoms with Crippen molar-refractivity contribution in [3.8, 4) is 0 Å². The number of thiophene rings is 1. The molecule has 1 fully saturated rings. The van der Waals surface area contributed by atoms with Gasteiger partial charge in [0.15, 0.2) is 0 Å². The summed E-state index contributed by atoms with van der Waals surface area (Å²) in [6.07, 6.45) is 6.41. The van der Waals surface area contributed by atoms with E-state index in [1.165, 1.54) is 22.2 Å². The summed E-state index contributed by atoms with van der Waals surface area (Å²) in [5.74, 6) is 0.669. The lowest BCUT2D eigenvalue weighted by atomic mass is 9.96. The highest BCUT2D eigenvalue weighted by atomic mass is 32.2. The van der Waals surface area contributed by atoms with Crippen molar-refractivity contribution in [2.75, 3.05) is 25.4 Å². The van der Waals surface area contributed by atoms with Gasteiger partial charge in [0.1, 0.15) is 16.2 Å². The number of thioether (sulfide) groups is 1. The molecule has 1 aliphatic rings. The number of fused-ring (bicyclic) bond motifs is 1. The number of amides is 2. The summed E-state index contributed by atoms with van der Waals surface area (Å²) in [4.78, 5) is 37.8. The smallest absolute Gasteiger partial charge is 0.232 e. The molecule has 1 saturated heterocycles. The van der Waals surface area contributed by atoms with E-state index in [4.69, 9.17) is 0 Å². The minimum Gasteiger partial charge on any atom is -0.356 e. The molecule has 0 unspecified atom stereocenters. The number of nitrogens with zero attached hydrogens (tertiary/aromatic N) is 3. The van der Waals surface area contributed by atoms with Crippen LogP contribution in [0.15, 0.2) is 11.4 Å². The van der Waals surface area contributed by atoms with Crippen LogP contribution in [0.5, 0.6) is 0 Å². The van der Waals surface area contributed by atoms with Crippen molar-refractivity contribution in [1.29, 1.82) is 0 Å². The van der Waals surface area contributed by atoms with E-state index in [0.717, 1.165) is 53.9 Å². The minimum atomic E-state index is 0.0336. The Morgan fingerprint density at radius 1 is 1.24 bits per heavy atom. The van der Waals surface area contributed by atoms with Crippen LogP contribution < -0.4 is 5.32 Å². The second-order valence-corrected chi connectivity index (χ2v) is 9.75. The molecule has 3 heterocycles. The molecule has 0 spiro atoms. The van der Waals surface area contributed by atoms with Crippen molar-refractivity contribution in [2.45, 2.75) is 57.9 Å². The number of aryl methyl sites for hydroxylation is 2. The Kier molecular flexibility index (Phi) is 7.89. The molecule has 0 aliphatic carbocycles. The van der Waals surface area contributed by atoms with Crippen LogP contribution in [0.3, 0.4) is 0 Å². The van der Waals surface area contributed by atoms with Crippen molar-refractivity contribution < 1.29 is 9.59 Å². The number of carbonyl (C=O) groups is 2. The molecule has 1 N–H and O–H groups in total.